The minimum Gasteiger partial charge on any atom is -0.467 e. The van der Waals surface area contributed by atoms with Gasteiger partial charge in [0, 0.05) is 19.8 Å². The summed E-state index contributed by atoms with van der Waals surface area (Å²) in [6.45, 7) is 2.48. The van der Waals surface area contributed by atoms with E-state index in [9.17, 15) is 8.42 Å². The van der Waals surface area contributed by atoms with Gasteiger partial charge in [0.25, 0.3) is 0 Å². The molecule has 0 aliphatic heterocycles. The Morgan fingerprint density at radius 2 is 2.00 bits per heavy atom. The number of benzene rings is 1. The first kappa shape index (κ1) is 14.6. The largest absolute Gasteiger partial charge is 0.467 e. The third-order valence-corrected chi connectivity index (χ3v) is 4.84. The van der Waals surface area contributed by atoms with Gasteiger partial charge in [-0.25, -0.2) is 12.7 Å². The van der Waals surface area contributed by atoms with Gasteiger partial charge < -0.3 is 9.73 Å². The second-order valence-corrected chi connectivity index (χ2v) is 6.85. The molecular formula is C14H18N2O3S. The number of rotatable bonds is 5. The zero-order chi connectivity index (χ0) is 14.8. The molecule has 1 heterocycles. The van der Waals surface area contributed by atoms with E-state index in [1.54, 1.807) is 24.5 Å². The van der Waals surface area contributed by atoms with Crippen molar-refractivity contribution in [2.24, 2.45) is 0 Å². The smallest absolute Gasteiger partial charge is 0.242 e. The Bertz CT molecular complexity index is 690. The van der Waals surface area contributed by atoms with Crippen LogP contribution in [-0.2, 0) is 16.6 Å². The van der Waals surface area contributed by atoms with E-state index < -0.39 is 10.0 Å². The maximum atomic E-state index is 12.1. The van der Waals surface area contributed by atoms with Crippen LogP contribution < -0.4 is 5.32 Å². The molecule has 5 nitrogen and oxygen atoms in total. The summed E-state index contributed by atoms with van der Waals surface area (Å²) in [4.78, 5) is 0.267. The molecule has 1 N–H and O–H groups in total. The Balaban J connectivity index is 2.17. The van der Waals surface area contributed by atoms with Crippen molar-refractivity contribution in [3.05, 3.63) is 47.9 Å². The lowest BCUT2D eigenvalue weighted by molar-refractivity contribution is 0.515. The fourth-order valence-electron chi connectivity index (χ4n) is 1.74. The highest BCUT2D eigenvalue weighted by molar-refractivity contribution is 7.89. The molecule has 108 valence electrons. The molecule has 20 heavy (non-hydrogen) atoms. The van der Waals surface area contributed by atoms with E-state index in [1.807, 2.05) is 19.1 Å². The van der Waals surface area contributed by atoms with Crippen LogP contribution >= 0.6 is 0 Å². The van der Waals surface area contributed by atoms with Crippen molar-refractivity contribution in [3.8, 4) is 0 Å². The van der Waals surface area contributed by atoms with Crippen molar-refractivity contribution in [2.45, 2.75) is 18.4 Å². The van der Waals surface area contributed by atoms with Crippen molar-refractivity contribution in [1.82, 2.24) is 4.31 Å². The molecule has 0 saturated heterocycles. The molecule has 2 aromatic rings. The predicted octanol–water partition coefficient (Wildman–Crippen LogP) is 2.45. The van der Waals surface area contributed by atoms with Gasteiger partial charge in [0.05, 0.1) is 17.7 Å². The lowest BCUT2D eigenvalue weighted by atomic mass is 10.2. The summed E-state index contributed by atoms with van der Waals surface area (Å²) >= 11 is 0. The minimum absolute atomic E-state index is 0.267. The molecule has 6 heteroatoms. The first-order valence-corrected chi connectivity index (χ1v) is 7.64. The van der Waals surface area contributed by atoms with E-state index in [1.165, 1.54) is 18.4 Å². The molecule has 2 rings (SSSR count). The van der Waals surface area contributed by atoms with Gasteiger partial charge >= 0.3 is 0 Å². The van der Waals surface area contributed by atoms with Crippen LogP contribution in [0.5, 0.6) is 0 Å². The molecule has 0 amide bonds. The summed E-state index contributed by atoms with van der Waals surface area (Å²) in [5, 5.41) is 3.16. The van der Waals surface area contributed by atoms with Crippen molar-refractivity contribution < 1.29 is 12.8 Å². The van der Waals surface area contributed by atoms with Gasteiger partial charge in [-0.15, -0.1) is 0 Å². The SMILES string of the molecule is Cc1ccoc1CNc1cccc(S(=O)(=O)N(C)C)c1. The van der Waals surface area contributed by atoms with E-state index >= 15 is 0 Å². The Hall–Kier alpha value is -1.79. The molecule has 0 spiro atoms. The van der Waals surface area contributed by atoms with E-state index in [0.29, 0.717) is 6.54 Å². The van der Waals surface area contributed by atoms with Crippen LogP contribution in [0.4, 0.5) is 5.69 Å². The molecule has 0 aliphatic rings. The second-order valence-electron chi connectivity index (χ2n) is 4.70. The van der Waals surface area contributed by atoms with Gasteiger partial charge in [-0.3, -0.25) is 0 Å². The van der Waals surface area contributed by atoms with Crippen LogP contribution in [0.15, 0.2) is 45.9 Å². The first-order chi connectivity index (χ1) is 9.41. The summed E-state index contributed by atoms with van der Waals surface area (Å²) in [6, 6.07) is 8.64. The van der Waals surface area contributed by atoms with Crippen LogP contribution in [0.25, 0.3) is 0 Å². The highest BCUT2D eigenvalue weighted by Crippen LogP contribution is 2.19. The van der Waals surface area contributed by atoms with Crippen LogP contribution in [0.1, 0.15) is 11.3 Å². The number of sulfonamides is 1. The van der Waals surface area contributed by atoms with Crippen LogP contribution in [0.2, 0.25) is 0 Å². The van der Waals surface area contributed by atoms with Gasteiger partial charge in [0.2, 0.25) is 10.0 Å². The Labute approximate surface area is 119 Å². The fourth-order valence-corrected chi connectivity index (χ4v) is 2.69. The quantitative estimate of drug-likeness (QED) is 0.920. The number of nitrogens with zero attached hydrogens (tertiary/aromatic N) is 1. The topological polar surface area (TPSA) is 62.6 Å². The number of anilines is 1. The summed E-state index contributed by atoms with van der Waals surface area (Å²) in [5.41, 5.74) is 1.80. The monoisotopic (exact) mass is 294 g/mol. The predicted molar refractivity (Wildman–Crippen MR) is 78.1 cm³/mol. The normalized spacial score (nSPS) is 11.8. The molecule has 1 aromatic heterocycles. The van der Waals surface area contributed by atoms with Crippen molar-refractivity contribution in [2.75, 3.05) is 19.4 Å². The zero-order valence-corrected chi connectivity index (χ0v) is 12.6. The lowest BCUT2D eigenvalue weighted by Crippen LogP contribution is -2.22. The van der Waals surface area contributed by atoms with Crippen LogP contribution in [-0.4, -0.2) is 26.8 Å². The fraction of sp³-hybridized carbons (Fsp3) is 0.286. The first-order valence-electron chi connectivity index (χ1n) is 6.20. The Morgan fingerprint density at radius 3 is 2.60 bits per heavy atom. The number of nitrogens with one attached hydrogen (secondary N) is 1. The molecule has 0 unspecified atom stereocenters. The molecule has 0 aliphatic carbocycles. The van der Waals surface area contributed by atoms with E-state index in [2.05, 4.69) is 5.32 Å². The third-order valence-electron chi connectivity index (χ3n) is 3.03. The zero-order valence-electron chi connectivity index (χ0n) is 11.8. The summed E-state index contributed by atoms with van der Waals surface area (Å²) < 4.78 is 30.6. The number of furan rings is 1. The standard InChI is InChI=1S/C14H18N2O3S/c1-11-7-8-19-14(11)10-15-12-5-4-6-13(9-12)20(17,18)16(2)3/h4-9,15H,10H2,1-3H3. The summed E-state index contributed by atoms with van der Waals surface area (Å²) in [5.74, 6) is 0.839. The van der Waals surface area contributed by atoms with E-state index in [-0.39, 0.29) is 4.90 Å². The average molecular weight is 294 g/mol. The molecule has 0 bridgehead atoms. The number of hydrogen-bond acceptors (Lipinski definition) is 4. The summed E-state index contributed by atoms with van der Waals surface area (Å²) in [7, 11) is -0.379. The van der Waals surface area contributed by atoms with Gasteiger partial charge in [-0.05, 0) is 36.8 Å². The highest BCUT2D eigenvalue weighted by Gasteiger charge is 2.17. The maximum Gasteiger partial charge on any atom is 0.242 e. The third kappa shape index (κ3) is 3.02. The number of hydrogen-bond donors (Lipinski definition) is 1. The molecular weight excluding hydrogens is 276 g/mol. The van der Waals surface area contributed by atoms with Gasteiger partial charge in [-0.2, -0.15) is 0 Å². The highest BCUT2D eigenvalue weighted by atomic mass is 32.2. The lowest BCUT2D eigenvalue weighted by Gasteiger charge is -2.12. The molecule has 0 fully saturated rings. The van der Waals surface area contributed by atoms with E-state index in [0.717, 1.165) is 17.0 Å². The molecule has 0 saturated carbocycles. The average Bonchev–Trinajstić information content (AvgIpc) is 2.82. The Kier molecular flexibility index (Phi) is 4.15. The summed E-state index contributed by atoms with van der Waals surface area (Å²) in [6.07, 6.45) is 1.64. The van der Waals surface area contributed by atoms with Gasteiger partial charge in [-0.1, -0.05) is 6.07 Å². The van der Waals surface area contributed by atoms with Crippen molar-refractivity contribution in [1.29, 1.82) is 0 Å². The molecule has 0 atom stereocenters. The van der Waals surface area contributed by atoms with Crippen LogP contribution in [0, 0.1) is 6.92 Å². The van der Waals surface area contributed by atoms with Gasteiger partial charge in [0.1, 0.15) is 5.76 Å². The van der Waals surface area contributed by atoms with E-state index in [4.69, 9.17) is 4.42 Å². The molecule has 1 aromatic carbocycles. The van der Waals surface area contributed by atoms with Crippen molar-refractivity contribution >= 4 is 15.7 Å². The second kappa shape index (κ2) is 5.68. The Morgan fingerprint density at radius 1 is 1.25 bits per heavy atom. The molecule has 0 radical (unpaired) electrons. The van der Waals surface area contributed by atoms with Crippen molar-refractivity contribution in [3.63, 3.8) is 0 Å². The minimum atomic E-state index is -3.41. The van der Waals surface area contributed by atoms with Crippen LogP contribution in [0.3, 0.4) is 0 Å². The number of aryl methyl sites for hydroxylation is 1. The maximum absolute atomic E-state index is 12.1. The van der Waals surface area contributed by atoms with Gasteiger partial charge in [0.15, 0.2) is 0 Å².